The van der Waals surface area contributed by atoms with Crippen LogP contribution < -0.4 is 10.5 Å². The van der Waals surface area contributed by atoms with Crippen molar-refractivity contribution in [2.75, 3.05) is 32.8 Å². The van der Waals surface area contributed by atoms with E-state index in [4.69, 9.17) is 10.5 Å². The summed E-state index contributed by atoms with van der Waals surface area (Å²) in [4.78, 5) is 2.34. The molecule has 0 unspecified atom stereocenters. The van der Waals surface area contributed by atoms with Gasteiger partial charge in [0.25, 0.3) is 0 Å². The van der Waals surface area contributed by atoms with Crippen molar-refractivity contribution in [2.24, 2.45) is 5.73 Å². The fourth-order valence-corrected chi connectivity index (χ4v) is 2.35. The Morgan fingerprint density at radius 3 is 2.53 bits per heavy atom. The lowest BCUT2D eigenvalue weighted by Gasteiger charge is -2.29. The first-order valence-electron chi connectivity index (χ1n) is 7.10. The Hall–Kier alpha value is -1.10. The molecule has 106 valence electrons. The highest BCUT2D eigenvalue weighted by molar-refractivity contribution is 5.27. The van der Waals surface area contributed by atoms with Gasteiger partial charge in [-0.2, -0.15) is 0 Å². The number of aliphatic hydroxyl groups excluding tert-OH is 1. The number of aliphatic hydroxyl groups is 1. The van der Waals surface area contributed by atoms with E-state index in [2.05, 4.69) is 17.0 Å². The van der Waals surface area contributed by atoms with Gasteiger partial charge in [0.2, 0.25) is 0 Å². The predicted molar refractivity (Wildman–Crippen MR) is 76.4 cm³/mol. The third-order valence-electron chi connectivity index (χ3n) is 3.59. The lowest BCUT2D eigenvalue weighted by Crippen LogP contribution is -2.38. The van der Waals surface area contributed by atoms with Crippen LogP contribution in [0.25, 0.3) is 0 Å². The van der Waals surface area contributed by atoms with Gasteiger partial charge in [-0.05, 0) is 43.5 Å². The standard InChI is InChI=1S/C15H24N2O2/c16-8-5-13-1-3-15(4-2-13)19-12-11-17-9-6-14(18)7-10-17/h1-4,14,18H,5-12,16H2. The molecule has 3 N–H and O–H groups in total. The Kier molecular flexibility index (Phi) is 5.63. The molecule has 0 bridgehead atoms. The van der Waals surface area contributed by atoms with Crippen LogP contribution in [0, 0.1) is 0 Å². The molecular formula is C15H24N2O2. The lowest BCUT2D eigenvalue weighted by atomic mass is 10.1. The fraction of sp³-hybridized carbons (Fsp3) is 0.600. The summed E-state index contributed by atoms with van der Waals surface area (Å²) in [7, 11) is 0. The second kappa shape index (κ2) is 7.48. The van der Waals surface area contributed by atoms with E-state index in [1.807, 2.05) is 12.1 Å². The quantitative estimate of drug-likeness (QED) is 0.805. The summed E-state index contributed by atoms with van der Waals surface area (Å²) in [6.45, 7) is 4.25. The number of rotatable bonds is 6. The Labute approximate surface area is 115 Å². The van der Waals surface area contributed by atoms with Crippen LogP contribution in [0.5, 0.6) is 5.75 Å². The lowest BCUT2D eigenvalue weighted by molar-refractivity contribution is 0.0755. The molecule has 2 rings (SSSR count). The molecule has 1 aliphatic rings. The van der Waals surface area contributed by atoms with Gasteiger partial charge in [0, 0.05) is 19.6 Å². The normalized spacial score (nSPS) is 17.6. The number of nitrogens with two attached hydrogens (primary N) is 1. The van der Waals surface area contributed by atoms with Gasteiger partial charge in [-0.1, -0.05) is 12.1 Å². The molecule has 0 radical (unpaired) electrons. The van der Waals surface area contributed by atoms with Crippen LogP contribution in [-0.4, -0.2) is 48.9 Å². The van der Waals surface area contributed by atoms with Crippen LogP contribution >= 0.6 is 0 Å². The molecule has 1 aromatic carbocycles. The van der Waals surface area contributed by atoms with E-state index < -0.39 is 0 Å². The van der Waals surface area contributed by atoms with E-state index >= 15 is 0 Å². The zero-order valence-corrected chi connectivity index (χ0v) is 11.4. The molecule has 1 heterocycles. The van der Waals surface area contributed by atoms with Crippen molar-refractivity contribution in [3.63, 3.8) is 0 Å². The van der Waals surface area contributed by atoms with Gasteiger partial charge in [-0.25, -0.2) is 0 Å². The van der Waals surface area contributed by atoms with Crippen LogP contribution in [0.4, 0.5) is 0 Å². The Morgan fingerprint density at radius 2 is 1.89 bits per heavy atom. The fourth-order valence-electron chi connectivity index (χ4n) is 2.35. The van der Waals surface area contributed by atoms with Gasteiger partial charge in [-0.3, -0.25) is 4.90 Å². The number of likely N-dealkylation sites (tertiary alicyclic amines) is 1. The first-order chi connectivity index (χ1) is 9.28. The first-order valence-corrected chi connectivity index (χ1v) is 7.10. The number of benzene rings is 1. The average molecular weight is 264 g/mol. The van der Waals surface area contributed by atoms with Gasteiger partial charge >= 0.3 is 0 Å². The predicted octanol–water partition coefficient (Wildman–Crippen LogP) is 1.02. The number of piperidine rings is 1. The molecule has 4 nitrogen and oxygen atoms in total. The van der Waals surface area contributed by atoms with E-state index in [1.165, 1.54) is 5.56 Å². The smallest absolute Gasteiger partial charge is 0.119 e. The summed E-state index contributed by atoms with van der Waals surface area (Å²) in [5.41, 5.74) is 6.77. The van der Waals surface area contributed by atoms with Gasteiger partial charge in [0.1, 0.15) is 12.4 Å². The summed E-state index contributed by atoms with van der Waals surface area (Å²) in [6, 6.07) is 8.15. The molecule has 0 atom stereocenters. The third kappa shape index (κ3) is 4.82. The second-order valence-corrected chi connectivity index (χ2v) is 5.10. The molecule has 1 aromatic rings. The summed E-state index contributed by atoms with van der Waals surface area (Å²) < 4.78 is 5.73. The molecule has 0 aromatic heterocycles. The molecule has 0 aliphatic carbocycles. The van der Waals surface area contributed by atoms with Crippen molar-refractivity contribution in [3.05, 3.63) is 29.8 Å². The van der Waals surface area contributed by atoms with Crippen LogP contribution in [0.15, 0.2) is 24.3 Å². The maximum absolute atomic E-state index is 9.43. The van der Waals surface area contributed by atoms with Gasteiger partial charge in [0.05, 0.1) is 6.10 Å². The SMILES string of the molecule is NCCc1ccc(OCCN2CCC(O)CC2)cc1. The maximum Gasteiger partial charge on any atom is 0.119 e. The summed E-state index contributed by atoms with van der Waals surface area (Å²) in [5, 5.41) is 9.43. The maximum atomic E-state index is 9.43. The van der Waals surface area contributed by atoms with Gasteiger partial charge in [-0.15, -0.1) is 0 Å². The largest absolute Gasteiger partial charge is 0.492 e. The molecular weight excluding hydrogens is 240 g/mol. The average Bonchev–Trinajstić information content (AvgIpc) is 2.43. The van der Waals surface area contributed by atoms with Crippen LogP contribution in [0.1, 0.15) is 18.4 Å². The minimum atomic E-state index is -0.104. The van der Waals surface area contributed by atoms with Crippen molar-refractivity contribution >= 4 is 0 Å². The van der Waals surface area contributed by atoms with Crippen LogP contribution in [0.3, 0.4) is 0 Å². The van der Waals surface area contributed by atoms with E-state index in [0.29, 0.717) is 13.2 Å². The number of hydrogen-bond donors (Lipinski definition) is 2. The summed E-state index contributed by atoms with van der Waals surface area (Å²) in [6.07, 6.45) is 2.57. The molecule has 1 fully saturated rings. The van der Waals surface area contributed by atoms with E-state index in [0.717, 1.165) is 44.6 Å². The van der Waals surface area contributed by atoms with Crippen LogP contribution in [-0.2, 0) is 6.42 Å². The Balaban J connectivity index is 1.67. The molecule has 4 heteroatoms. The molecule has 0 spiro atoms. The first kappa shape index (κ1) is 14.3. The zero-order valence-electron chi connectivity index (χ0n) is 11.4. The molecule has 1 saturated heterocycles. The second-order valence-electron chi connectivity index (χ2n) is 5.10. The van der Waals surface area contributed by atoms with Crippen molar-refractivity contribution in [2.45, 2.75) is 25.4 Å². The summed E-state index contributed by atoms with van der Waals surface area (Å²) >= 11 is 0. The van der Waals surface area contributed by atoms with Crippen molar-refractivity contribution < 1.29 is 9.84 Å². The topological polar surface area (TPSA) is 58.7 Å². The third-order valence-corrected chi connectivity index (χ3v) is 3.59. The van der Waals surface area contributed by atoms with Gasteiger partial charge < -0.3 is 15.6 Å². The number of nitrogens with zero attached hydrogens (tertiary/aromatic N) is 1. The van der Waals surface area contributed by atoms with Crippen molar-refractivity contribution in [3.8, 4) is 5.75 Å². The molecule has 0 saturated carbocycles. The molecule has 1 aliphatic heterocycles. The number of hydrogen-bond acceptors (Lipinski definition) is 4. The zero-order chi connectivity index (χ0) is 13.5. The van der Waals surface area contributed by atoms with Crippen molar-refractivity contribution in [1.29, 1.82) is 0 Å². The molecule has 19 heavy (non-hydrogen) atoms. The highest BCUT2D eigenvalue weighted by atomic mass is 16.5. The Bertz CT molecular complexity index is 359. The van der Waals surface area contributed by atoms with E-state index in [1.54, 1.807) is 0 Å². The minimum absolute atomic E-state index is 0.104. The van der Waals surface area contributed by atoms with E-state index in [-0.39, 0.29) is 6.10 Å². The van der Waals surface area contributed by atoms with Crippen LogP contribution in [0.2, 0.25) is 0 Å². The number of ether oxygens (including phenoxy) is 1. The van der Waals surface area contributed by atoms with Gasteiger partial charge in [0.15, 0.2) is 0 Å². The van der Waals surface area contributed by atoms with E-state index in [9.17, 15) is 5.11 Å². The Morgan fingerprint density at radius 1 is 1.21 bits per heavy atom. The minimum Gasteiger partial charge on any atom is -0.492 e. The van der Waals surface area contributed by atoms with Crippen molar-refractivity contribution in [1.82, 2.24) is 4.90 Å². The highest BCUT2D eigenvalue weighted by Gasteiger charge is 2.16. The monoisotopic (exact) mass is 264 g/mol. The summed E-state index contributed by atoms with van der Waals surface area (Å²) in [5.74, 6) is 0.915. The highest BCUT2D eigenvalue weighted by Crippen LogP contribution is 2.13. The molecule has 0 amide bonds.